The Labute approximate surface area is 102 Å². The molecule has 2 rings (SSSR count). The Morgan fingerprint density at radius 3 is 2.88 bits per heavy atom. The average molecular weight is 287 g/mol. The minimum atomic E-state index is -0.422. The Balaban J connectivity index is 2.18. The Kier molecular flexibility index (Phi) is 3.25. The second-order valence-electron chi connectivity index (χ2n) is 3.93. The molecule has 2 N–H and O–H groups in total. The zero-order valence-corrected chi connectivity index (χ0v) is 10.2. The lowest BCUT2D eigenvalue weighted by Crippen LogP contribution is -2.31. The van der Waals surface area contributed by atoms with E-state index in [2.05, 4.69) is 15.9 Å². The van der Waals surface area contributed by atoms with E-state index >= 15 is 0 Å². The molecule has 1 aromatic carbocycles. The third-order valence-corrected chi connectivity index (χ3v) is 3.32. The van der Waals surface area contributed by atoms with Crippen molar-refractivity contribution >= 4 is 21.8 Å². The molecule has 0 aromatic heterocycles. The van der Waals surface area contributed by atoms with Gasteiger partial charge in [0.15, 0.2) is 0 Å². The Morgan fingerprint density at radius 2 is 2.31 bits per heavy atom. The first kappa shape index (κ1) is 11.5. The SMILES string of the molecule is N[C@H]1CCN(C(=O)c2ccc(Br)c(F)c2)C1. The smallest absolute Gasteiger partial charge is 0.254 e. The average Bonchev–Trinajstić information content (AvgIpc) is 2.68. The van der Waals surface area contributed by atoms with Crippen molar-refractivity contribution in [3.05, 3.63) is 34.1 Å². The minimum absolute atomic E-state index is 0.0456. The van der Waals surface area contributed by atoms with E-state index in [1.807, 2.05) is 0 Å². The molecule has 1 aromatic rings. The monoisotopic (exact) mass is 286 g/mol. The number of halogens is 2. The van der Waals surface area contributed by atoms with Crippen LogP contribution in [0, 0.1) is 5.82 Å². The van der Waals surface area contributed by atoms with E-state index in [1.165, 1.54) is 6.07 Å². The van der Waals surface area contributed by atoms with Crippen LogP contribution in [-0.4, -0.2) is 29.9 Å². The van der Waals surface area contributed by atoms with Crippen LogP contribution in [0.1, 0.15) is 16.8 Å². The Hall–Kier alpha value is -0.940. The maximum absolute atomic E-state index is 13.3. The molecule has 1 heterocycles. The lowest BCUT2D eigenvalue weighted by molar-refractivity contribution is 0.0790. The number of carbonyl (C=O) groups excluding carboxylic acids is 1. The van der Waals surface area contributed by atoms with Gasteiger partial charge in [-0.3, -0.25) is 4.79 Å². The van der Waals surface area contributed by atoms with Gasteiger partial charge in [-0.1, -0.05) is 0 Å². The van der Waals surface area contributed by atoms with Crippen molar-refractivity contribution in [1.82, 2.24) is 4.90 Å². The number of nitrogens with two attached hydrogens (primary N) is 1. The predicted octanol–water partition coefficient (Wildman–Crippen LogP) is 1.76. The van der Waals surface area contributed by atoms with Gasteiger partial charge in [-0.15, -0.1) is 0 Å². The summed E-state index contributed by atoms with van der Waals surface area (Å²) in [6.45, 7) is 1.20. The summed E-state index contributed by atoms with van der Waals surface area (Å²) in [4.78, 5) is 13.6. The van der Waals surface area contributed by atoms with Crippen molar-refractivity contribution in [3.63, 3.8) is 0 Å². The van der Waals surface area contributed by atoms with Gasteiger partial charge in [0.1, 0.15) is 5.82 Å². The summed E-state index contributed by atoms with van der Waals surface area (Å²) in [5.41, 5.74) is 6.09. The van der Waals surface area contributed by atoms with Crippen molar-refractivity contribution < 1.29 is 9.18 Å². The van der Waals surface area contributed by atoms with Gasteiger partial charge in [0, 0.05) is 24.7 Å². The first-order valence-electron chi connectivity index (χ1n) is 5.08. The summed E-state index contributed by atoms with van der Waals surface area (Å²) in [5.74, 6) is -0.575. The second kappa shape index (κ2) is 4.51. The summed E-state index contributed by atoms with van der Waals surface area (Å²) in [5, 5.41) is 0. The van der Waals surface area contributed by atoms with Gasteiger partial charge in [-0.25, -0.2) is 4.39 Å². The third-order valence-electron chi connectivity index (χ3n) is 2.68. The molecule has 1 aliphatic heterocycles. The molecule has 1 aliphatic rings. The van der Waals surface area contributed by atoms with E-state index in [9.17, 15) is 9.18 Å². The number of hydrogen-bond acceptors (Lipinski definition) is 2. The topological polar surface area (TPSA) is 46.3 Å². The zero-order valence-electron chi connectivity index (χ0n) is 8.62. The van der Waals surface area contributed by atoms with Gasteiger partial charge >= 0.3 is 0 Å². The quantitative estimate of drug-likeness (QED) is 0.855. The van der Waals surface area contributed by atoms with Crippen molar-refractivity contribution in [1.29, 1.82) is 0 Å². The first-order chi connectivity index (χ1) is 7.58. The maximum Gasteiger partial charge on any atom is 0.254 e. The standard InChI is InChI=1S/C11H12BrFN2O/c12-9-2-1-7(5-10(9)13)11(16)15-4-3-8(14)6-15/h1-2,5,8H,3-4,6,14H2/t8-/m0/s1. The van der Waals surface area contributed by atoms with Gasteiger partial charge in [0.05, 0.1) is 4.47 Å². The number of hydrogen-bond donors (Lipinski definition) is 1. The van der Waals surface area contributed by atoms with Gasteiger partial charge in [-0.2, -0.15) is 0 Å². The van der Waals surface area contributed by atoms with Crippen molar-refractivity contribution in [2.45, 2.75) is 12.5 Å². The molecule has 1 amide bonds. The normalized spacial score (nSPS) is 20.2. The fourth-order valence-electron chi connectivity index (χ4n) is 1.78. The highest BCUT2D eigenvalue weighted by atomic mass is 79.9. The Morgan fingerprint density at radius 1 is 1.56 bits per heavy atom. The van der Waals surface area contributed by atoms with Crippen LogP contribution >= 0.6 is 15.9 Å². The van der Waals surface area contributed by atoms with Crippen LogP contribution in [0.2, 0.25) is 0 Å². The first-order valence-corrected chi connectivity index (χ1v) is 5.87. The number of benzene rings is 1. The van der Waals surface area contributed by atoms with Crippen molar-refractivity contribution in [2.24, 2.45) is 5.73 Å². The number of likely N-dealkylation sites (tertiary alicyclic amines) is 1. The summed E-state index contributed by atoms with van der Waals surface area (Å²) >= 11 is 3.05. The number of carbonyl (C=O) groups is 1. The van der Waals surface area contributed by atoms with Gasteiger partial charge in [-0.05, 0) is 40.5 Å². The molecular weight excluding hydrogens is 275 g/mol. The molecule has 1 saturated heterocycles. The van der Waals surface area contributed by atoms with E-state index in [0.29, 0.717) is 23.1 Å². The van der Waals surface area contributed by atoms with Crippen LogP contribution in [0.25, 0.3) is 0 Å². The molecule has 0 aliphatic carbocycles. The molecule has 0 radical (unpaired) electrons. The lowest BCUT2D eigenvalue weighted by Gasteiger charge is -2.15. The van der Waals surface area contributed by atoms with E-state index < -0.39 is 5.82 Å². The van der Waals surface area contributed by atoms with Gasteiger partial charge in [0.2, 0.25) is 0 Å². The number of rotatable bonds is 1. The summed E-state index contributed by atoms with van der Waals surface area (Å²) < 4.78 is 13.6. The van der Waals surface area contributed by atoms with Crippen molar-refractivity contribution in [2.75, 3.05) is 13.1 Å². The molecule has 16 heavy (non-hydrogen) atoms. The molecule has 1 fully saturated rings. The minimum Gasteiger partial charge on any atom is -0.337 e. The molecule has 86 valence electrons. The van der Waals surface area contributed by atoms with Crippen LogP contribution in [0.4, 0.5) is 4.39 Å². The largest absolute Gasteiger partial charge is 0.337 e. The zero-order chi connectivity index (χ0) is 11.7. The van der Waals surface area contributed by atoms with Crippen LogP contribution < -0.4 is 5.73 Å². The highest BCUT2D eigenvalue weighted by molar-refractivity contribution is 9.10. The van der Waals surface area contributed by atoms with Gasteiger partial charge < -0.3 is 10.6 Å². The Bertz CT molecular complexity index is 424. The molecular formula is C11H12BrFN2O. The van der Waals surface area contributed by atoms with Crippen LogP contribution in [-0.2, 0) is 0 Å². The van der Waals surface area contributed by atoms with Gasteiger partial charge in [0.25, 0.3) is 5.91 Å². The fraction of sp³-hybridized carbons (Fsp3) is 0.364. The molecule has 5 heteroatoms. The molecule has 0 bridgehead atoms. The summed E-state index contributed by atoms with van der Waals surface area (Å²) in [6, 6.07) is 4.44. The summed E-state index contributed by atoms with van der Waals surface area (Å²) in [7, 11) is 0. The van der Waals surface area contributed by atoms with Crippen molar-refractivity contribution in [3.8, 4) is 0 Å². The molecule has 0 unspecified atom stereocenters. The lowest BCUT2D eigenvalue weighted by atomic mass is 10.2. The molecule has 0 spiro atoms. The maximum atomic E-state index is 13.3. The molecule has 3 nitrogen and oxygen atoms in total. The van der Waals surface area contributed by atoms with E-state index in [-0.39, 0.29) is 11.9 Å². The fourth-order valence-corrected chi connectivity index (χ4v) is 2.03. The van der Waals surface area contributed by atoms with E-state index in [4.69, 9.17) is 5.73 Å². The summed E-state index contributed by atoms with van der Waals surface area (Å²) in [6.07, 6.45) is 0.810. The van der Waals surface area contributed by atoms with Crippen LogP contribution in [0.15, 0.2) is 22.7 Å². The molecule has 0 saturated carbocycles. The van der Waals surface area contributed by atoms with Crippen LogP contribution in [0.3, 0.4) is 0 Å². The number of amides is 1. The highest BCUT2D eigenvalue weighted by Gasteiger charge is 2.24. The van der Waals surface area contributed by atoms with E-state index in [0.717, 1.165) is 6.42 Å². The van der Waals surface area contributed by atoms with Crippen LogP contribution in [0.5, 0.6) is 0 Å². The highest BCUT2D eigenvalue weighted by Crippen LogP contribution is 2.19. The number of nitrogens with zero attached hydrogens (tertiary/aromatic N) is 1. The predicted molar refractivity (Wildman–Crippen MR) is 62.6 cm³/mol. The second-order valence-corrected chi connectivity index (χ2v) is 4.78. The molecule has 1 atom stereocenters. The third kappa shape index (κ3) is 2.25. The van der Waals surface area contributed by atoms with E-state index in [1.54, 1.807) is 17.0 Å².